The molecule has 0 aliphatic carbocycles. The second-order valence-corrected chi connectivity index (χ2v) is 13.2. The number of hydrogen-bond donors (Lipinski definition) is 1. The Morgan fingerprint density at radius 2 is 1.37 bits per heavy atom. The average Bonchev–Trinajstić information content (AvgIpc) is 2.76. The highest BCUT2D eigenvalue weighted by molar-refractivity contribution is 7.52. The van der Waals surface area contributed by atoms with E-state index in [1.807, 2.05) is 21.1 Å². The molecule has 210 valence electrons. The first-order valence-electron chi connectivity index (χ1n) is 14.0. The molecular formula is C27H57NO6P+. The molecule has 0 heterocycles. The van der Waals surface area contributed by atoms with Gasteiger partial charge < -0.3 is 23.4 Å². The van der Waals surface area contributed by atoms with Gasteiger partial charge in [0, 0.05) is 13.5 Å². The van der Waals surface area contributed by atoms with E-state index in [0.29, 0.717) is 23.6 Å². The van der Waals surface area contributed by atoms with Crippen molar-refractivity contribution in [2.24, 2.45) is 5.92 Å². The summed E-state index contributed by atoms with van der Waals surface area (Å²) < 4.78 is 29.1. The highest BCUT2D eigenvalue weighted by Crippen LogP contribution is 2.41. The van der Waals surface area contributed by atoms with E-state index in [9.17, 15) is 14.3 Å². The van der Waals surface area contributed by atoms with Crippen LogP contribution < -0.4 is 0 Å². The topological polar surface area (TPSA) is 82.1 Å². The van der Waals surface area contributed by atoms with E-state index in [-0.39, 0.29) is 19.4 Å². The van der Waals surface area contributed by atoms with Gasteiger partial charge in [0.2, 0.25) is 0 Å². The van der Waals surface area contributed by atoms with Crippen LogP contribution in [-0.4, -0.2) is 75.1 Å². The van der Waals surface area contributed by atoms with E-state index in [4.69, 9.17) is 14.0 Å². The molecule has 0 aromatic heterocycles. The van der Waals surface area contributed by atoms with Crippen LogP contribution in [0.1, 0.15) is 104 Å². The lowest BCUT2D eigenvalue weighted by Gasteiger charge is -2.25. The zero-order valence-corrected chi connectivity index (χ0v) is 24.7. The monoisotopic (exact) mass is 522 g/mol. The quantitative estimate of drug-likeness (QED) is 0.0668. The maximum absolute atomic E-state index is 12.3. The molecule has 0 aromatic rings. The summed E-state index contributed by atoms with van der Waals surface area (Å²) in [5.41, 5.74) is 0. The molecule has 3 atom stereocenters. The summed E-state index contributed by atoms with van der Waals surface area (Å²) in [5, 5.41) is 0. The van der Waals surface area contributed by atoms with Crippen LogP contribution in [0, 0.1) is 5.92 Å². The van der Waals surface area contributed by atoms with E-state index >= 15 is 0 Å². The minimum Gasteiger partial charge on any atom is -0.458 e. The van der Waals surface area contributed by atoms with Crippen LogP contribution >= 0.6 is 7.60 Å². The standard InChI is InChI=1S/C27H56NO6P/c1-7-8-9-10-11-12-13-14-15-16-17-18-19-25(2)22-32-23-27(34-26(3)29)24-33-35(30,31)21-20-28(4,5)6/h25,27H,7-24H2,1-6H3/p+1. The lowest BCUT2D eigenvalue weighted by atomic mass is 10.0. The molecule has 0 amide bonds. The second-order valence-electron chi connectivity index (χ2n) is 11.2. The fourth-order valence-corrected chi connectivity index (χ4v) is 5.24. The summed E-state index contributed by atoms with van der Waals surface area (Å²) in [6.07, 6.45) is 16.7. The maximum Gasteiger partial charge on any atom is 0.333 e. The van der Waals surface area contributed by atoms with Gasteiger partial charge in [-0.3, -0.25) is 9.36 Å². The van der Waals surface area contributed by atoms with Gasteiger partial charge >= 0.3 is 13.6 Å². The third-order valence-electron chi connectivity index (χ3n) is 6.10. The van der Waals surface area contributed by atoms with Crippen LogP contribution in [0.25, 0.3) is 0 Å². The summed E-state index contributed by atoms with van der Waals surface area (Å²) in [4.78, 5) is 21.5. The molecule has 35 heavy (non-hydrogen) atoms. The fraction of sp³-hybridized carbons (Fsp3) is 0.963. The number of quaternary nitrogens is 1. The zero-order valence-electron chi connectivity index (χ0n) is 23.8. The molecule has 0 aromatic carbocycles. The van der Waals surface area contributed by atoms with E-state index in [1.165, 1.54) is 84.0 Å². The number of esters is 1. The average molecular weight is 523 g/mol. The van der Waals surface area contributed by atoms with Gasteiger partial charge in [-0.15, -0.1) is 0 Å². The third kappa shape index (κ3) is 25.0. The van der Waals surface area contributed by atoms with Gasteiger partial charge in [-0.1, -0.05) is 90.9 Å². The van der Waals surface area contributed by atoms with Crippen LogP contribution in [0.5, 0.6) is 0 Å². The van der Waals surface area contributed by atoms with E-state index in [0.717, 1.165) is 6.42 Å². The molecule has 0 bridgehead atoms. The van der Waals surface area contributed by atoms with Crippen molar-refractivity contribution in [3.8, 4) is 0 Å². The molecule has 0 spiro atoms. The van der Waals surface area contributed by atoms with Crippen molar-refractivity contribution in [2.75, 3.05) is 53.7 Å². The van der Waals surface area contributed by atoms with Gasteiger partial charge in [0.15, 0.2) is 0 Å². The van der Waals surface area contributed by atoms with Crippen molar-refractivity contribution in [3.63, 3.8) is 0 Å². The molecule has 0 aliphatic rings. The van der Waals surface area contributed by atoms with Gasteiger partial charge in [0.25, 0.3) is 0 Å². The summed E-state index contributed by atoms with van der Waals surface area (Å²) in [5.74, 6) is -0.0311. The van der Waals surface area contributed by atoms with Gasteiger partial charge in [0.1, 0.15) is 6.10 Å². The molecule has 3 unspecified atom stereocenters. The van der Waals surface area contributed by atoms with Crippen molar-refractivity contribution in [2.45, 2.75) is 110 Å². The Balaban J connectivity index is 3.92. The molecule has 0 saturated heterocycles. The predicted octanol–water partition coefficient (Wildman–Crippen LogP) is 6.57. The Hall–Kier alpha value is -0.460. The van der Waals surface area contributed by atoms with Crippen molar-refractivity contribution < 1.29 is 32.7 Å². The van der Waals surface area contributed by atoms with Gasteiger partial charge in [-0.2, -0.15) is 0 Å². The minimum absolute atomic E-state index is 0.0558. The first-order valence-corrected chi connectivity index (χ1v) is 15.7. The number of rotatable bonds is 24. The second kappa shape index (κ2) is 20.6. The number of ether oxygens (including phenoxy) is 2. The smallest absolute Gasteiger partial charge is 0.333 e. The first kappa shape index (κ1) is 34.5. The van der Waals surface area contributed by atoms with Crippen molar-refractivity contribution in [1.82, 2.24) is 0 Å². The summed E-state index contributed by atoms with van der Waals surface area (Å²) in [7, 11) is 2.12. The number of hydrogen-bond acceptors (Lipinski definition) is 5. The van der Waals surface area contributed by atoms with Crippen molar-refractivity contribution >= 4 is 13.6 Å². The molecular weight excluding hydrogens is 465 g/mol. The Morgan fingerprint density at radius 1 is 0.857 bits per heavy atom. The van der Waals surface area contributed by atoms with Crippen molar-refractivity contribution in [3.05, 3.63) is 0 Å². The normalized spacial score (nSPS) is 15.5. The Morgan fingerprint density at radius 3 is 1.86 bits per heavy atom. The summed E-state index contributed by atoms with van der Waals surface area (Å²) >= 11 is 0. The predicted molar refractivity (Wildman–Crippen MR) is 145 cm³/mol. The van der Waals surface area contributed by atoms with Crippen molar-refractivity contribution in [1.29, 1.82) is 0 Å². The highest BCUT2D eigenvalue weighted by atomic mass is 31.2. The van der Waals surface area contributed by atoms with E-state index in [1.54, 1.807) is 0 Å². The number of carbonyl (C=O) groups is 1. The summed E-state index contributed by atoms with van der Waals surface area (Å²) in [6, 6.07) is 0. The molecule has 0 saturated carbocycles. The summed E-state index contributed by atoms with van der Waals surface area (Å²) in [6.45, 7) is 6.86. The molecule has 8 heteroatoms. The first-order chi connectivity index (χ1) is 16.4. The SMILES string of the molecule is CCCCCCCCCCCCCCC(C)COCC(COP(=O)(O)CC[N+](C)(C)C)OC(C)=O. The number of unbranched alkanes of at least 4 members (excludes halogenated alkanes) is 11. The van der Waals surface area contributed by atoms with Crippen LogP contribution in [0.15, 0.2) is 0 Å². The lowest BCUT2D eigenvalue weighted by Crippen LogP contribution is -2.37. The Kier molecular flexibility index (Phi) is 20.3. The van der Waals surface area contributed by atoms with E-state index < -0.39 is 19.7 Å². The maximum atomic E-state index is 12.3. The fourth-order valence-electron chi connectivity index (χ4n) is 3.86. The minimum atomic E-state index is -3.74. The Labute approximate surface area is 216 Å². The highest BCUT2D eigenvalue weighted by Gasteiger charge is 2.26. The van der Waals surface area contributed by atoms with Gasteiger partial charge in [-0.05, 0) is 12.3 Å². The molecule has 7 nitrogen and oxygen atoms in total. The molecule has 0 radical (unpaired) electrons. The third-order valence-corrected chi connectivity index (χ3v) is 7.42. The number of nitrogens with zero attached hydrogens (tertiary/aromatic N) is 1. The van der Waals surface area contributed by atoms with Gasteiger partial charge in [0.05, 0.1) is 47.1 Å². The zero-order chi connectivity index (χ0) is 26.6. The number of carbonyl (C=O) groups excluding carboxylic acids is 1. The molecule has 0 rings (SSSR count). The van der Waals surface area contributed by atoms with Crippen LogP contribution in [0.3, 0.4) is 0 Å². The lowest BCUT2D eigenvalue weighted by molar-refractivity contribution is -0.867. The van der Waals surface area contributed by atoms with E-state index in [2.05, 4.69) is 13.8 Å². The molecule has 0 fully saturated rings. The van der Waals surface area contributed by atoms with Gasteiger partial charge in [-0.25, -0.2) is 0 Å². The largest absolute Gasteiger partial charge is 0.458 e. The molecule has 0 aliphatic heterocycles. The molecule has 1 N–H and O–H groups in total. The Bertz CT molecular complexity index is 566. The van der Waals surface area contributed by atoms with Crippen LogP contribution in [0.4, 0.5) is 0 Å². The van der Waals surface area contributed by atoms with Crippen LogP contribution in [0.2, 0.25) is 0 Å². The van der Waals surface area contributed by atoms with Crippen LogP contribution in [-0.2, 0) is 23.4 Å².